The quantitative estimate of drug-likeness (QED) is 0.889. The zero-order valence-corrected chi connectivity index (χ0v) is 12.9. The number of aliphatic hydroxyl groups excluding tert-OH is 1. The first kappa shape index (κ1) is 15.6. The maximum Gasteiger partial charge on any atom is 0.323 e. The fraction of sp³-hybridized carbons (Fsp3) is 0.471. The monoisotopic (exact) mass is 289 g/mol. The fourth-order valence-corrected chi connectivity index (χ4v) is 2.58. The molecule has 0 saturated heterocycles. The molecule has 0 bridgehead atoms. The molecule has 2 N–H and O–H groups in total. The smallest absolute Gasteiger partial charge is 0.323 e. The third kappa shape index (κ3) is 3.45. The number of rotatable bonds is 5. The second-order valence-corrected chi connectivity index (χ2v) is 6.49. The third-order valence-electron chi connectivity index (χ3n) is 3.74. The maximum atomic E-state index is 11.0. The summed E-state index contributed by atoms with van der Waals surface area (Å²) in [5.41, 5.74) is 3.33. The number of aliphatic carboxylic acids is 1. The van der Waals surface area contributed by atoms with E-state index in [9.17, 15) is 4.79 Å². The molecule has 4 nitrogen and oxygen atoms in total. The van der Waals surface area contributed by atoms with Gasteiger partial charge in [-0.25, -0.2) is 0 Å². The van der Waals surface area contributed by atoms with Crippen molar-refractivity contribution in [3.8, 4) is 0 Å². The summed E-state index contributed by atoms with van der Waals surface area (Å²) in [5.74, 6) is -0.847. The lowest BCUT2D eigenvalue weighted by atomic mass is 9.86. The van der Waals surface area contributed by atoms with E-state index in [-0.39, 0.29) is 18.6 Å². The van der Waals surface area contributed by atoms with Gasteiger partial charge in [0.2, 0.25) is 0 Å². The van der Waals surface area contributed by atoms with E-state index in [0.717, 1.165) is 22.9 Å². The Labute approximate surface area is 125 Å². The molecule has 0 spiro atoms. The molecule has 0 aliphatic heterocycles. The van der Waals surface area contributed by atoms with Crippen molar-refractivity contribution in [3.05, 3.63) is 35.5 Å². The van der Waals surface area contributed by atoms with Gasteiger partial charge in [0.1, 0.15) is 6.54 Å². The van der Waals surface area contributed by atoms with Gasteiger partial charge in [0.25, 0.3) is 0 Å². The Bertz CT molecular complexity index is 650. The summed E-state index contributed by atoms with van der Waals surface area (Å²) in [6.45, 7) is 6.59. The Morgan fingerprint density at radius 3 is 2.57 bits per heavy atom. The number of carboxylic acid groups (broad SMARTS) is 1. The average Bonchev–Trinajstić information content (AvgIpc) is 2.72. The SMILES string of the molecule is CC(C)(C)c1ccc2c(c1)c(CCCO)cn2CC(=O)O. The first-order valence-corrected chi connectivity index (χ1v) is 7.28. The maximum absolute atomic E-state index is 11.0. The highest BCUT2D eigenvalue weighted by atomic mass is 16.4. The summed E-state index contributed by atoms with van der Waals surface area (Å²) in [6, 6.07) is 6.22. The highest BCUT2D eigenvalue weighted by Crippen LogP contribution is 2.29. The van der Waals surface area contributed by atoms with Gasteiger partial charge in [-0.05, 0) is 41.5 Å². The lowest BCUT2D eigenvalue weighted by Gasteiger charge is -2.19. The number of hydrogen-bond acceptors (Lipinski definition) is 2. The van der Waals surface area contributed by atoms with Gasteiger partial charge in [-0.1, -0.05) is 26.8 Å². The van der Waals surface area contributed by atoms with E-state index >= 15 is 0 Å². The van der Waals surface area contributed by atoms with Crippen molar-refractivity contribution in [1.29, 1.82) is 0 Å². The molecule has 2 rings (SSSR count). The Morgan fingerprint density at radius 1 is 1.29 bits per heavy atom. The molecule has 0 radical (unpaired) electrons. The van der Waals surface area contributed by atoms with Crippen LogP contribution in [0.15, 0.2) is 24.4 Å². The van der Waals surface area contributed by atoms with E-state index in [1.165, 1.54) is 5.56 Å². The standard InChI is InChI=1S/C17H23NO3/c1-17(2,3)13-6-7-15-14(9-13)12(5-4-8-19)10-18(15)11-16(20)21/h6-7,9-10,19H,4-5,8,11H2,1-3H3,(H,20,21). The lowest BCUT2D eigenvalue weighted by Crippen LogP contribution is -2.11. The summed E-state index contributed by atoms with van der Waals surface area (Å²) < 4.78 is 1.77. The van der Waals surface area contributed by atoms with Crippen LogP contribution >= 0.6 is 0 Å². The van der Waals surface area contributed by atoms with Gasteiger partial charge in [0.05, 0.1) is 0 Å². The molecule has 114 valence electrons. The molecule has 0 unspecified atom stereocenters. The number of aryl methyl sites for hydroxylation is 1. The van der Waals surface area contributed by atoms with Crippen LogP contribution in [0.2, 0.25) is 0 Å². The van der Waals surface area contributed by atoms with Crippen molar-refractivity contribution in [2.24, 2.45) is 0 Å². The zero-order chi connectivity index (χ0) is 15.6. The van der Waals surface area contributed by atoms with Crippen LogP contribution in [0.25, 0.3) is 10.9 Å². The van der Waals surface area contributed by atoms with E-state index in [4.69, 9.17) is 10.2 Å². The van der Waals surface area contributed by atoms with Gasteiger partial charge in [-0.2, -0.15) is 0 Å². The molecular formula is C17H23NO3. The van der Waals surface area contributed by atoms with Crippen molar-refractivity contribution in [1.82, 2.24) is 4.57 Å². The predicted molar refractivity (Wildman–Crippen MR) is 83.7 cm³/mol. The zero-order valence-electron chi connectivity index (χ0n) is 12.9. The molecule has 1 aromatic carbocycles. The van der Waals surface area contributed by atoms with Crippen LogP contribution < -0.4 is 0 Å². The summed E-state index contributed by atoms with van der Waals surface area (Å²) in [6.07, 6.45) is 3.35. The molecule has 0 aliphatic carbocycles. The highest BCUT2D eigenvalue weighted by molar-refractivity contribution is 5.86. The van der Waals surface area contributed by atoms with Crippen molar-refractivity contribution >= 4 is 16.9 Å². The first-order chi connectivity index (χ1) is 9.82. The summed E-state index contributed by atoms with van der Waals surface area (Å²) in [7, 11) is 0. The molecule has 0 aliphatic rings. The van der Waals surface area contributed by atoms with Crippen LogP contribution in [0.4, 0.5) is 0 Å². The number of carboxylic acids is 1. The predicted octanol–water partition coefficient (Wildman–Crippen LogP) is 2.95. The lowest BCUT2D eigenvalue weighted by molar-refractivity contribution is -0.137. The molecule has 4 heteroatoms. The van der Waals surface area contributed by atoms with Gasteiger partial charge in [-0.3, -0.25) is 4.79 Å². The van der Waals surface area contributed by atoms with E-state index in [0.29, 0.717) is 6.42 Å². The number of hydrogen-bond donors (Lipinski definition) is 2. The molecule has 21 heavy (non-hydrogen) atoms. The van der Waals surface area contributed by atoms with Gasteiger partial charge < -0.3 is 14.8 Å². The van der Waals surface area contributed by atoms with Gasteiger partial charge in [0.15, 0.2) is 0 Å². The van der Waals surface area contributed by atoms with E-state index in [2.05, 4.69) is 32.9 Å². The minimum absolute atomic E-state index is 0.0372. The second-order valence-electron chi connectivity index (χ2n) is 6.49. The topological polar surface area (TPSA) is 62.5 Å². The van der Waals surface area contributed by atoms with E-state index in [1.54, 1.807) is 4.57 Å². The van der Waals surface area contributed by atoms with E-state index in [1.807, 2.05) is 12.3 Å². The van der Waals surface area contributed by atoms with Crippen LogP contribution in [-0.2, 0) is 23.2 Å². The van der Waals surface area contributed by atoms with Crippen molar-refractivity contribution < 1.29 is 15.0 Å². The van der Waals surface area contributed by atoms with Crippen LogP contribution in [0.3, 0.4) is 0 Å². The van der Waals surface area contributed by atoms with Gasteiger partial charge >= 0.3 is 5.97 Å². The first-order valence-electron chi connectivity index (χ1n) is 7.28. The molecule has 2 aromatic rings. The molecular weight excluding hydrogens is 266 g/mol. The van der Waals surface area contributed by atoms with Crippen molar-refractivity contribution in [2.75, 3.05) is 6.61 Å². The molecule has 0 amide bonds. The molecule has 1 aromatic heterocycles. The Balaban J connectivity index is 2.55. The Hall–Kier alpha value is -1.81. The third-order valence-corrected chi connectivity index (χ3v) is 3.74. The number of carbonyl (C=O) groups is 1. The van der Waals surface area contributed by atoms with E-state index < -0.39 is 5.97 Å². The van der Waals surface area contributed by atoms with Crippen molar-refractivity contribution in [2.45, 2.75) is 45.6 Å². The Morgan fingerprint density at radius 2 is 2.00 bits per heavy atom. The van der Waals surface area contributed by atoms with Crippen LogP contribution in [-0.4, -0.2) is 27.4 Å². The van der Waals surface area contributed by atoms with Gasteiger partial charge in [-0.15, -0.1) is 0 Å². The number of aliphatic hydroxyl groups is 1. The Kier molecular flexibility index (Phi) is 4.37. The summed E-state index contributed by atoms with van der Waals surface area (Å²) in [5, 5.41) is 19.2. The number of aromatic nitrogens is 1. The minimum Gasteiger partial charge on any atom is -0.480 e. The highest BCUT2D eigenvalue weighted by Gasteiger charge is 2.17. The molecule has 0 fully saturated rings. The molecule has 1 heterocycles. The summed E-state index contributed by atoms with van der Waals surface area (Å²) in [4.78, 5) is 11.0. The minimum atomic E-state index is -0.847. The average molecular weight is 289 g/mol. The number of nitrogens with zero attached hydrogens (tertiary/aromatic N) is 1. The normalized spacial score (nSPS) is 12.0. The fourth-order valence-electron chi connectivity index (χ4n) is 2.58. The van der Waals surface area contributed by atoms with Crippen LogP contribution in [0.5, 0.6) is 0 Å². The van der Waals surface area contributed by atoms with Gasteiger partial charge in [0, 0.05) is 23.7 Å². The number of fused-ring (bicyclic) bond motifs is 1. The number of benzene rings is 1. The molecule has 0 saturated carbocycles. The largest absolute Gasteiger partial charge is 0.480 e. The van der Waals surface area contributed by atoms with Crippen molar-refractivity contribution in [3.63, 3.8) is 0 Å². The van der Waals surface area contributed by atoms with Crippen LogP contribution in [0.1, 0.15) is 38.3 Å². The molecule has 0 atom stereocenters. The van der Waals surface area contributed by atoms with Crippen LogP contribution in [0, 0.1) is 0 Å². The second kappa shape index (κ2) is 5.90. The summed E-state index contributed by atoms with van der Waals surface area (Å²) >= 11 is 0.